The van der Waals surface area contributed by atoms with E-state index >= 15 is 0 Å². The van der Waals surface area contributed by atoms with E-state index in [1.54, 1.807) is 0 Å². The zero-order valence-corrected chi connectivity index (χ0v) is 16.2. The second kappa shape index (κ2) is 10.1. The van der Waals surface area contributed by atoms with Crippen LogP contribution in [-0.2, 0) is 14.3 Å². The number of amides is 2. The molecule has 1 aromatic rings. The molecule has 5 nitrogen and oxygen atoms in total. The summed E-state index contributed by atoms with van der Waals surface area (Å²) in [5.74, 6) is 0.616. The molecule has 132 valence electrons. The maximum Gasteiger partial charge on any atom is 0.234 e. The molecule has 0 bridgehead atoms. The quantitative estimate of drug-likeness (QED) is 0.744. The van der Waals surface area contributed by atoms with E-state index in [0.717, 1.165) is 42.7 Å². The molecule has 0 atom stereocenters. The molecule has 1 saturated heterocycles. The Hall–Kier alpha value is -1.05. The predicted molar refractivity (Wildman–Crippen MR) is 101 cm³/mol. The Balaban J connectivity index is 1.64. The van der Waals surface area contributed by atoms with Crippen molar-refractivity contribution >= 4 is 45.2 Å². The van der Waals surface area contributed by atoms with Crippen molar-refractivity contribution in [1.82, 2.24) is 4.90 Å². The Morgan fingerprint density at radius 2 is 2.08 bits per heavy atom. The highest BCUT2D eigenvalue weighted by Crippen LogP contribution is 2.17. The molecule has 2 amide bonds. The van der Waals surface area contributed by atoms with Gasteiger partial charge in [0.1, 0.15) is 0 Å². The molecule has 24 heavy (non-hydrogen) atoms. The number of carbonyl (C=O) groups excluding carboxylic acids is 2. The van der Waals surface area contributed by atoms with Crippen LogP contribution >= 0.6 is 27.7 Å². The maximum atomic E-state index is 12.2. The van der Waals surface area contributed by atoms with Crippen molar-refractivity contribution in [2.45, 2.75) is 25.9 Å². The minimum absolute atomic E-state index is 0.0963. The normalized spacial score (nSPS) is 15.3. The van der Waals surface area contributed by atoms with Gasteiger partial charge >= 0.3 is 0 Å². The molecule has 7 heteroatoms. The first-order valence-corrected chi connectivity index (χ1v) is 10.1. The van der Waals surface area contributed by atoms with Crippen molar-refractivity contribution in [1.29, 1.82) is 0 Å². The molecule has 0 radical (unpaired) electrons. The highest BCUT2D eigenvalue weighted by atomic mass is 79.9. The summed E-state index contributed by atoms with van der Waals surface area (Å²) >= 11 is 4.72. The molecular formula is C17H23BrN2O3S. The van der Waals surface area contributed by atoms with Crippen LogP contribution in [0.15, 0.2) is 28.7 Å². The summed E-state index contributed by atoms with van der Waals surface area (Å²) in [5.41, 5.74) is 0.749. The summed E-state index contributed by atoms with van der Waals surface area (Å²) in [6.45, 7) is 4.21. The number of hydrogen-bond acceptors (Lipinski definition) is 4. The first-order chi connectivity index (χ1) is 11.6. The van der Waals surface area contributed by atoms with Crippen LogP contribution < -0.4 is 5.32 Å². The van der Waals surface area contributed by atoms with Gasteiger partial charge < -0.3 is 15.0 Å². The van der Waals surface area contributed by atoms with Gasteiger partial charge in [-0.3, -0.25) is 9.59 Å². The summed E-state index contributed by atoms with van der Waals surface area (Å²) in [6, 6.07) is 7.44. The lowest BCUT2D eigenvalue weighted by Gasteiger charge is -2.31. The van der Waals surface area contributed by atoms with Gasteiger partial charge in [-0.15, -0.1) is 11.8 Å². The van der Waals surface area contributed by atoms with Gasteiger partial charge in [0.25, 0.3) is 0 Å². The minimum Gasteiger partial charge on any atom is -0.378 e. The van der Waals surface area contributed by atoms with Crippen LogP contribution in [0.4, 0.5) is 5.69 Å². The Morgan fingerprint density at radius 1 is 1.33 bits per heavy atom. The molecule has 1 aliphatic rings. The summed E-state index contributed by atoms with van der Waals surface area (Å²) in [5, 5.41) is 2.82. The largest absolute Gasteiger partial charge is 0.378 e. The average molecular weight is 415 g/mol. The third kappa shape index (κ3) is 6.45. The summed E-state index contributed by atoms with van der Waals surface area (Å²) in [6.07, 6.45) is 2.07. The van der Waals surface area contributed by atoms with Gasteiger partial charge in [0.05, 0.1) is 17.6 Å². The molecule has 1 fully saturated rings. The Bertz CT molecular complexity index is 563. The molecule has 1 aliphatic heterocycles. The van der Waals surface area contributed by atoms with Crippen molar-refractivity contribution in [3.63, 3.8) is 0 Å². The van der Waals surface area contributed by atoms with Gasteiger partial charge in [0, 0.05) is 29.9 Å². The number of nitrogens with zero attached hydrogens (tertiary/aromatic N) is 1. The van der Waals surface area contributed by atoms with E-state index in [4.69, 9.17) is 4.74 Å². The van der Waals surface area contributed by atoms with Crippen LogP contribution in [0.25, 0.3) is 0 Å². The van der Waals surface area contributed by atoms with Gasteiger partial charge in [-0.25, -0.2) is 0 Å². The van der Waals surface area contributed by atoms with Crippen molar-refractivity contribution in [3.05, 3.63) is 28.7 Å². The van der Waals surface area contributed by atoms with E-state index in [2.05, 4.69) is 21.2 Å². The Kier molecular flexibility index (Phi) is 8.08. The fraction of sp³-hybridized carbons (Fsp3) is 0.529. The number of halogens is 1. The molecule has 1 heterocycles. The molecule has 1 aromatic carbocycles. The first kappa shape index (κ1) is 19.3. The number of benzene rings is 1. The standard InChI is InChI=1S/C17H23BrN2O3S/c1-2-23-15-6-8-20(9-7-15)17(22)12-24-11-16(21)19-14-5-3-4-13(18)10-14/h3-5,10,15H,2,6-9,11-12H2,1H3,(H,19,21). The highest BCUT2D eigenvalue weighted by Gasteiger charge is 2.22. The van der Waals surface area contributed by atoms with Crippen LogP contribution in [0.1, 0.15) is 19.8 Å². The number of ether oxygens (including phenoxy) is 1. The van der Waals surface area contributed by atoms with Crippen molar-refractivity contribution in [3.8, 4) is 0 Å². The number of rotatable bonds is 7. The third-order valence-electron chi connectivity index (χ3n) is 3.76. The molecule has 2 rings (SSSR count). The Morgan fingerprint density at radius 3 is 2.75 bits per heavy atom. The third-order valence-corrected chi connectivity index (χ3v) is 5.17. The lowest BCUT2D eigenvalue weighted by atomic mass is 10.1. The molecule has 1 N–H and O–H groups in total. The van der Waals surface area contributed by atoms with Crippen LogP contribution in [0, 0.1) is 0 Å². The summed E-state index contributed by atoms with van der Waals surface area (Å²) in [4.78, 5) is 26.0. The van der Waals surface area contributed by atoms with Gasteiger partial charge in [0.15, 0.2) is 0 Å². The molecule has 0 spiro atoms. The predicted octanol–water partition coefficient (Wildman–Crippen LogP) is 3.15. The van der Waals surface area contributed by atoms with E-state index in [-0.39, 0.29) is 23.7 Å². The smallest absolute Gasteiger partial charge is 0.234 e. The minimum atomic E-state index is -0.0963. The SMILES string of the molecule is CCOC1CCN(C(=O)CSCC(=O)Nc2cccc(Br)c2)CC1. The van der Waals surface area contributed by atoms with Gasteiger partial charge in [0.2, 0.25) is 11.8 Å². The lowest BCUT2D eigenvalue weighted by molar-refractivity contribution is -0.130. The molecule has 0 aromatic heterocycles. The lowest BCUT2D eigenvalue weighted by Crippen LogP contribution is -2.41. The summed E-state index contributed by atoms with van der Waals surface area (Å²) < 4.78 is 6.50. The van der Waals surface area contributed by atoms with Crippen LogP contribution in [0.2, 0.25) is 0 Å². The fourth-order valence-corrected chi connectivity index (χ4v) is 3.71. The number of anilines is 1. The van der Waals surface area contributed by atoms with Crippen molar-refractivity contribution in [2.75, 3.05) is 36.5 Å². The molecule has 0 saturated carbocycles. The zero-order valence-electron chi connectivity index (χ0n) is 13.8. The molecule has 0 aliphatic carbocycles. The molecule has 0 unspecified atom stereocenters. The Labute approximate surface area is 155 Å². The number of thioether (sulfide) groups is 1. The number of hydrogen-bond donors (Lipinski definition) is 1. The van der Waals surface area contributed by atoms with E-state index in [1.807, 2.05) is 36.1 Å². The summed E-state index contributed by atoms with van der Waals surface area (Å²) in [7, 11) is 0. The molecular weight excluding hydrogens is 392 g/mol. The fourth-order valence-electron chi connectivity index (χ4n) is 2.59. The maximum absolute atomic E-state index is 12.2. The van der Waals surface area contributed by atoms with E-state index in [1.165, 1.54) is 11.8 Å². The number of likely N-dealkylation sites (tertiary alicyclic amines) is 1. The van der Waals surface area contributed by atoms with Crippen LogP contribution in [0.3, 0.4) is 0 Å². The number of carbonyl (C=O) groups is 2. The number of piperidine rings is 1. The monoisotopic (exact) mass is 414 g/mol. The first-order valence-electron chi connectivity index (χ1n) is 8.11. The van der Waals surface area contributed by atoms with Crippen molar-refractivity contribution in [2.24, 2.45) is 0 Å². The van der Waals surface area contributed by atoms with Crippen molar-refractivity contribution < 1.29 is 14.3 Å². The van der Waals surface area contributed by atoms with E-state index in [0.29, 0.717) is 5.75 Å². The number of nitrogens with one attached hydrogen (secondary N) is 1. The second-order valence-electron chi connectivity index (χ2n) is 5.59. The van der Waals surface area contributed by atoms with Crippen LogP contribution in [0.5, 0.6) is 0 Å². The van der Waals surface area contributed by atoms with Gasteiger partial charge in [-0.2, -0.15) is 0 Å². The highest BCUT2D eigenvalue weighted by molar-refractivity contribution is 9.10. The average Bonchev–Trinajstić information content (AvgIpc) is 2.55. The topological polar surface area (TPSA) is 58.6 Å². The van der Waals surface area contributed by atoms with Crippen LogP contribution in [-0.4, -0.2) is 54.0 Å². The second-order valence-corrected chi connectivity index (χ2v) is 7.49. The van der Waals surface area contributed by atoms with Gasteiger partial charge in [-0.1, -0.05) is 22.0 Å². The zero-order chi connectivity index (χ0) is 17.4. The van der Waals surface area contributed by atoms with E-state index in [9.17, 15) is 9.59 Å². The van der Waals surface area contributed by atoms with Gasteiger partial charge in [-0.05, 0) is 38.0 Å². The van der Waals surface area contributed by atoms with E-state index < -0.39 is 0 Å².